The summed E-state index contributed by atoms with van der Waals surface area (Å²) in [6.45, 7) is 0. The first kappa shape index (κ1) is 11.1. The van der Waals surface area contributed by atoms with Crippen molar-refractivity contribution < 1.29 is 4.79 Å². The highest BCUT2D eigenvalue weighted by Gasteiger charge is 2.39. The zero-order valence-electron chi connectivity index (χ0n) is 8.53. The van der Waals surface area contributed by atoms with E-state index in [4.69, 9.17) is 5.26 Å². The smallest absolute Gasteiger partial charge is 0.272 e. The molecule has 1 aromatic heterocycles. The number of amides is 1. The van der Waals surface area contributed by atoms with Crippen LogP contribution in [0.15, 0.2) is 22.8 Å². The average molecular weight is 280 g/mol. The molecule has 16 heavy (non-hydrogen) atoms. The standard InChI is InChI=1S/C11H10BrN3O/c12-8-3-1-6-14-9(8)10(16)15-11(7-13)4-2-5-11/h1,3,6H,2,4-5H2,(H,15,16). The van der Waals surface area contributed by atoms with Crippen LogP contribution >= 0.6 is 15.9 Å². The Bertz CT molecular complexity index is 463. The highest BCUT2D eigenvalue weighted by Crippen LogP contribution is 2.31. The summed E-state index contributed by atoms with van der Waals surface area (Å²) >= 11 is 3.26. The van der Waals surface area contributed by atoms with Gasteiger partial charge in [-0.15, -0.1) is 0 Å². The van der Waals surface area contributed by atoms with Crippen LogP contribution in [0.5, 0.6) is 0 Å². The largest absolute Gasteiger partial charge is 0.332 e. The van der Waals surface area contributed by atoms with Crippen LogP contribution in [0.4, 0.5) is 0 Å². The molecule has 1 aromatic rings. The van der Waals surface area contributed by atoms with Crippen LogP contribution < -0.4 is 5.32 Å². The van der Waals surface area contributed by atoms with E-state index in [2.05, 4.69) is 32.3 Å². The van der Waals surface area contributed by atoms with Gasteiger partial charge in [-0.1, -0.05) is 0 Å². The minimum atomic E-state index is -0.673. The molecule has 0 bridgehead atoms. The fourth-order valence-corrected chi connectivity index (χ4v) is 2.06. The minimum absolute atomic E-state index is 0.297. The van der Waals surface area contributed by atoms with Gasteiger partial charge in [0.1, 0.15) is 11.2 Å². The Kier molecular flexibility index (Phi) is 2.92. The van der Waals surface area contributed by atoms with Gasteiger partial charge >= 0.3 is 0 Å². The first-order valence-corrected chi connectivity index (χ1v) is 5.80. The molecular weight excluding hydrogens is 270 g/mol. The second kappa shape index (κ2) is 4.22. The molecule has 1 saturated carbocycles. The molecule has 0 spiro atoms. The predicted molar refractivity (Wildman–Crippen MR) is 61.6 cm³/mol. The van der Waals surface area contributed by atoms with Crippen molar-refractivity contribution in [2.75, 3.05) is 0 Å². The fraction of sp³-hybridized carbons (Fsp3) is 0.364. The molecule has 0 unspecified atom stereocenters. The van der Waals surface area contributed by atoms with Crippen LogP contribution in [0.2, 0.25) is 0 Å². The van der Waals surface area contributed by atoms with Crippen molar-refractivity contribution in [3.8, 4) is 6.07 Å². The van der Waals surface area contributed by atoms with Crippen molar-refractivity contribution in [2.24, 2.45) is 0 Å². The number of aromatic nitrogens is 1. The van der Waals surface area contributed by atoms with Crippen molar-refractivity contribution in [1.29, 1.82) is 5.26 Å². The Morgan fingerprint density at radius 2 is 2.38 bits per heavy atom. The number of pyridine rings is 1. The Morgan fingerprint density at radius 3 is 2.88 bits per heavy atom. The number of nitriles is 1. The van der Waals surface area contributed by atoms with Gasteiger partial charge in [0, 0.05) is 10.7 Å². The molecular formula is C11H10BrN3O. The molecule has 1 aliphatic rings. The van der Waals surface area contributed by atoms with E-state index in [0.29, 0.717) is 10.2 Å². The molecule has 1 fully saturated rings. The van der Waals surface area contributed by atoms with Gasteiger partial charge < -0.3 is 5.32 Å². The number of nitrogens with one attached hydrogen (secondary N) is 1. The highest BCUT2D eigenvalue weighted by molar-refractivity contribution is 9.10. The summed E-state index contributed by atoms with van der Waals surface area (Å²) in [5.74, 6) is -0.297. The van der Waals surface area contributed by atoms with E-state index in [1.54, 1.807) is 18.3 Å². The third-order valence-corrected chi connectivity index (χ3v) is 3.39. The molecule has 1 aliphatic carbocycles. The van der Waals surface area contributed by atoms with Crippen molar-refractivity contribution >= 4 is 21.8 Å². The molecule has 1 N–H and O–H groups in total. The first-order chi connectivity index (χ1) is 7.67. The lowest BCUT2D eigenvalue weighted by atomic mass is 9.78. The van der Waals surface area contributed by atoms with Gasteiger partial charge in [-0.3, -0.25) is 4.79 Å². The predicted octanol–water partition coefficient (Wildman–Crippen LogP) is 2.02. The van der Waals surface area contributed by atoms with E-state index in [-0.39, 0.29) is 5.91 Å². The molecule has 5 heteroatoms. The van der Waals surface area contributed by atoms with E-state index in [1.165, 1.54) is 0 Å². The van der Waals surface area contributed by atoms with Crippen LogP contribution in [0, 0.1) is 11.3 Å². The Morgan fingerprint density at radius 1 is 1.62 bits per heavy atom. The SMILES string of the molecule is N#CC1(NC(=O)c2ncccc2Br)CCC1. The van der Waals surface area contributed by atoms with Crippen LogP contribution in [0.3, 0.4) is 0 Å². The molecule has 0 aliphatic heterocycles. The van der Waals surface area contributed by atoms with Gasteiger partial charge in [0.15, 0.2) is 0 Å². The van der Waals surface area contributed by atoms with E-state index in [1.807, 2.05) is 0 Å². The Balaban J connectivity index is 2.15. The third kappa shape index (κ3) is 1.93. The van der Waals surface area contributed by atoms with Crippen molar-refractivity contribution in [3.05, 3.63) is 28.5 Å². The Hall–Kier alpha value is -1.41. The molecule has 1 amide bonds. The molecule has 2 rings (SSSR count). The number of halogens is 1. The van der Waals surface area contributed by atoms with Crippen LogP contribution in [0.25, 0.3) is 0 Å². The van der Waals surface area contributed by atoms with E-state index >= 15 is 0 Å². The summed E-state index contributed by atoms with van der Waals surface area (Å²) in [7, 11) is 0. The number of carbonyl (C=O) groups excluding carboxylic acids is 1. The molecule has 4 nitrogen and oxygen atoms in total. The van der Waals surface area contributed by atoms with Crippen molar-refractivity contribution in [3.63, 3.8) is 0 Å². The molecule has 0 saturated heterocycles. The molecule has 1 heterocycles. The normalized spacial score (nSPS) is 17.0. The fourth-order valence-electron chi connectivity index (χ4n) is 1.62. The summed E-state index contributed by atoms with van der Waals surface area (Å²) < 4.78 is 0.639. The summed E-state index contributed by atoms with van der Waals surface area (Å²) in [6.07, 6.45) is 3.98. The van der Waals surface area contributed by atoms with Gasteiger partial charge in [0.2, 0.25) is 0 Å². The quantitative estimate of drug-likeness (QED) is 0.901. The summed E-state index contributed by atoms with van der Waals surface area (Å²) in [6, 6.07) is 5.65. The lowest BCUT2D eigenvalue weighted by Crippen LogP contribution is -2.52. The van der Waals surface area contributed by atoms with E-state index in [9.17, 15) is 4.79 Å². The highest BCUT2D eigenvalue weighted by atomic mass is 79.9. The molecule has 0 aromatic carbocycles. The zero-order chi connectivity index (χ0) is 11.6. The molecule has 82 valence electrons. The average Bonchev–Trinajstić information content (AvgIpc) is 2.24. The lowest BCUT2D eigenvalue weighted by molar-refractivity contribution is 0.0875. The van der Waals surface area contributed by atoms with Gasteiger partial charge in [0.25, 0.3) is 5.91 Å². The minimum Gasteiger partial charge on any atom is -0.332 e. The summed E-state index contributed by atoms with van der Waals surface area (Å²) in [4.78, 5) is 15.9. The van der Waals surface area contributed by atoms with Gasteiger partial charge in [0.05, 0.1) is 6.07 Å². The summed E-state index contributed by atoms with van der Waals surface area (Å²) in [5.41, 5.74) is -0.349. The maximum Gasteiger partial charge on any atom is 0.272 e. The van der Waals surface area contributed by atoms with Gasteiger partial charge in [-0.05, 0) is 47.3 Å². The van der Waals surface area contributed by atoms with Crippen molar-refractivity contribution in [2.45, 2.75) is 24.8 Å². The van der Waals surface area contributed by atoms with Gasteiger partial charge in [-0.25, -0.2) is 4.98 Å². The topological polar surface area (TPSA) is 65.8 Å². The van der Waals surface area contributed by atoms with Crippen LogP contribution in [-0.4, -0.2) is 16.4 Å². The van der Waals surface area contributed by atoms with Crippen LogP contribution in [0.1, 0.15) is 29.8 Å². The number of hydrogen-bond acceptors (Lipinski definition) is 3. The lowest BCUT2D eigenvalue weighted by Gasteiger charge is -2.35. The number of nitrogens with zero attached hydrogens (tertiary/aromatic N) is 2. The van der Waals surface area contributed by atoms with E-state index in [0.717, 1.165) is 19.3 Å². The zero-order valence-corrected chi connectivity index (χ0v) is 10.1. The molecule has 0 radical (unpaired) electrons. The second-order valence-corrected chi connectivity index (χ2v) is 4.69. The summed E-state index contributed by atoms with van der Waals surface area (Å²) in [5, 5.41) is 11.7. The molecule has 0 atom stereocenters. The maximum atomic E-state index is 11.9. The van der Waals surface area contributed by atoms with E-state index < -0.39 is 5.54 Å². The van der Waals surface area contributed by atoms with Gasteiger partial charge in [-0.2, -0.15) is 5.26 Å². The Labute approximate surface area is 102 Å². The van der Waals surface area contributed by atoms with Crippen LogP contribution in [-0.2, 0) is 0 Å². The third-order valence-electron chi connectivity index (χ3n) is 2.75. The second-order valence-electron chi connectivity index (χ2n) is 3.84. The number of hydrogen-bond donors (Lipinski definition) is 1. The number of rotatable bonds is 2. The number of carbonyl (C=O) groups is 1. The van der Waals surface area contributed by atoms with Crippen molar-refractivity contribution in [1.82, 2.24) is 10.3 Å². The monoisotopic (exact) mass is 279 g/mol. The maximum absolute atomic E-state index is 11.9. The first-order valence-electron chi connectivity index (χ1n) is 5.01.